The Bertz CT molecular complexity index is 1920. The number of hydrogen-bond acceptors (Lipinski definition) is 15. The van der Waals surface area contributed by atoms with Gasteiger partial charge in [0.25, 0.3) is 0 Å². The highest BCUT2D eigenvalue weighted by molar-refractivity contribution is 7.47. The van der Waals surface area contributed by atoms with Gasteiger partial charge in [0.05, 0.1) is 26.4 Å². The van der Waals surface area contributed by atoms with Crippen LogP contribution in [0.1, 0.15) is 427 Å². The van der Waals surface area contributed by atoms with Crippen molar-refractivity contribution in [1.29, 1.82) is 0 Å². The number of phosphoric acid groups is 2. The number of rotatable bonds is 80. The molecule has 0 heterocycles. The third-order valence-electron chi connectivity index (χ3n) is 19.0. The monoisotopic (exact) mass is 1470 g/mol. The molecule has 100 heavy (non-hydrogen) atoms. The first-order valence-electron chi connectivity index (χ1n) is 42.0. The van der Waals surface area contributed by atoms with E-state index in [1.54, 1.807) is 0 Å². The molecule has 0 saturated heterocycles. The van der Waals surface area contributed by atoms with Gasteiger partial charge in [-0.3, -0.25) is 37.3 Å². The SMILES string of the molecule is CCCCCCCCCCCCCCCCCCCCCC(=O)OC[C@H](COP(=O)(O)OC[C@@H](O)COP(=O)(O)OC[C@@H](COC(=O)CCCCCCCCCCC(C)C)OC(=O)CCCCCCCCCCC(C)C)OC(=O)CCCCCCCCCCCCCCCCCCCCC. The van der Waals surface area contributed by atoms with E-state index in [0.717, 1.165) is 102 Å². The quantitative estimate of drug-likeness (QED) is 0.0222. The van der Waals surface area contributed by atoms with Crippen molar-refractivity contribution in [2.75, 3.05) is 39.6 Å². The highest BCUT2D eigenvalue weighted by atomic mass is 31.2. The predicted molar refractivity (Wildman–Crippen MR) is 409 cm³/mol. The van der Waals surface area contributed by atoms with Gasteiger partial charge in [0.2, 0.25) is 0 Å². The lowest BCUT2D eigenvalue weighted by atomic mass is 10.0. The van der Waals surface area contributed by atoms with E-state index >= 15 is 0 Å². The van der Waals surface area contributed by atoms with E-state index in [0.29, 0.717) is 25.7 Å². The van der Waals surface area contributed by atoms with Gasteiger partial charge in [-0.1, -0.05) is 375 Å². The number of aliphatic hydroxyl groups excluding tert-OH is 1. The number of hydrogen-bond donors (Lipinski definition) is 3. The predicted octanol–water partition coefficient (Wildman–Crippen LogP) is 24.3. The summed E-state index contributed by atoms with van der Waals surface area (Å²) in [6, 6.07) is 0. The Labute approximate surface area is 613 Å². The summed E-state index contributed by atoms with van der Waals surface area (Å²) in [7, 11) is -9.92. The van der Waals surface area contributed by atoms with Crippen molar-refractivity contribution in [2.24, 2.45) is 11.8 Å². The lowest BCUT2D eigenvalue weighted by molar-refractivity contribution is -0.161. The normalized spacial score (nSPS) is 13.9. The van der Waals surface area contributed by atoms with Crippen molar-refractivity contribution in [3.8, 4) is 0 Å². The van der Waals surface area contributed by atoms with Crippen molar-refractivity contribution < 1.29 is 80.2 Å². The number of aliphatic hydroxyl groups is 1. The highest BCUT2D eigenvalue weighted by Gasteiger charge is 2.30. The van der Waals surface area contributed by atoms with Gasteiger partial charge in [-0.05, 0) is 37.5 Å². The zero-order valence-electron chi connectivity index (χ0n) is 65.5. The van der Waals surface area contributed by atoms with Crippen LogP contribution in [0.25, 0.3) is 0 Å². The molecule has 2 unspecified atom stereocenters. The fourth-order valence-corrected chi connectivity index (χ4v) is 14.1. The van der Waals surface area contributed by atoms with Crippen LogP contribution in [-0.2, 0) is 65.4 Å². The van der Waals surface area contributed by atoms with E-state index in [1.807, 2.05) is 0 Å². The van der Waals surface area contributed by atoms with E-state index in [1.165, 1.54) is 244 Å². The smallest absolute Gasteiger partial charge is 0.462 e. The maximum Gasteiger partial charge on any atom is 0.472 e. The van der Waals surface area contributed by atoms with Crippen molar-refractivity contribution in [1.82, 2.24) is 0 Å². The number of esters is 4. The van der Waals surface area contributed by atoms with Crippen LogP contribution in [0.2, 0.25) is 0 Å². The molecule has 17 nitrogen and oxygen atoms in total. The summed E-state index contributed by atoms with van der Waals surface area (Å²) in [6.07, 6.45) is 62.7. The number of ether oxygens (including phenoxy) is 4. The molecule has 0 bridgehead atoms. The van der Waals surface area contributed by atoms with Gasteiger partial charge in [-0.2, -0.15) is 0 Å². The molecular formula is C81H158O17P2. The second-order valence-corrected chi connectivity index (χ2v) is 33.0. The van der Waals surface area contributed by atoms with Crippen LogP contribution in [0, 0.1) is 11.8 Å². The summed E-state index contributed by atoms with van der Waals surface area (Å²) in [5, 5.41) is 10.6. The molecule has 0 aromatic carbocycles. The van der Waals surface area contributed by atoms with E-state index in [9.17, 15) is 43.2 Å². The minimum atomic E-state index is -4.96. The minimum absolute atomic E-state index is 0.104. The average Bonchev–Trinajstić information content (AvgIpc) is 0.958. The van der Waals surface area contributed by atoms with E-state index in [2.05, 4.69) is 41.5 Å². The first-order chi connectivity index (χ1) is 48.4. The number of carbonyl (C=O) groups is 4. The van der Waals surface area contributed by atoms with Crippen LogP contribution in [0.3, 0.4) is 0 Å². The Hall–Kier alpha value is -1.94. The lowest BCUT2D eigenvalue weighted by Crippen LogP contribution is -2.30. The first-order valence-corrected chi connectivity index (χ1v) is 45.0. The molecule has 0 aromatic heterocycles. The second kappa shape index (κ2) is 72.6. The molecule has 0 fully saturated rings. The van der Waals surface area contributed by atoms with Gasteiger partial charge < -0.3 is 33.8 Å². The largest absolute Gasteiger partial charge is 0.472 e. The molecule has 0 aliphatic carbocycles. The Kier molecular flexibility index (Phi) is 71.2. The Morgan fingerprint density at radius 2 is 0.460 bits per heavy atom. The molecule has 0 radical (unpaired) electrons. The van der Waals surface area contributed by atoms with Crippen LogP contribution in [-0.4, -0.2) is 96.7 Å². The van der Waals surface area contributed by atoms with Crippen LogP contribution < -0.4 is 0 Å². The third kappa shape index (κ3) is 74.3. The molecule has 19 heteroatoms. The van der Waals surface area contributed by atoms with Gasteiger partial charge in [-0.25, -0.2) is 9.13 Å². The Balaban J connectivity index is 5.22. The Morgan fingerprint density at radius 3 is 0.680 bits per heavy atom. The number of unbranched alkanes of at least 4 members (excludes halogenated alkanes) is 50. The summed E-state index contributed by atoms with van der Waals surface area (Å²) in [4.78, 5) is 73.0. The summed E-state index contributed by atoms with van der Waals surface area (Å²) < 4.78 is 68.7. The molecule has 594 valence electrons. The van der Waals surface area contributed by atoms with Crippen LogP contribution in [0.15, 0.2) is 0 Å². The summed E-state index contributed by atoms with van der Waals surface area (Å²) in [5.41, 5.74) is 0. The summed E-state index contributed by atoms with van der Waals surface area (Å²) in [6.45, 7) is 9.55. The van der Waals surface area contributed by atoms with Gasteiger partial charge >= 0.3 is 39.5 Å². The molecule has 0 aliphatic rings. The van der Waals surface area contributed by atoms with Crippen LogP contribution >= 0.6 is 15.6 Å². The fraction of sp³-hybridized carbons (Fsp3) is 0.951. The molecule has 5 atom stereocenters. The van der Waals surface area contributed by atoms with E-state index in [-0.39, 0.29) is 25.7 Å². The van der Waals surface area contributed by atoms with E-state index in [4.69, 9.17) is 37.0 Å². The van der Waals surface area contributed by atoms with Crippen molar-refractivity contribution in [2.45, 2.75) is 445 Å². The maximum atomic E-state index is 13.1. The molecule has 0 saturated carbocycles. The Morgan fingerprint density at radius 1 is 0.270 bits per heavy atom. The van der Waals surface area contributed by atoms with Gasteiger partial charge in [-0.15, -0.1) is 0 Å². The molecule has 0 aliphatic heterocycles. The average molecular weight is 1470 g/mol. The molecule has 0 spiro atoms. The minimum Gasteiger partial charge on any atom is -0.462 e. The fourth-order valence-electron chi connectivity index (χ4n) is 12.5. The van der Waals surface area contributed by atoms with E-state index < -0.39 is 97.5 Å². The summed E-state index contributed by atoms with van der Waals surface area (Å²) >= 11 is 0. The van der Waals surface area contributed by atoms with Crippen molar-refractivity contribution in [3.63, 3.8) is 0 Å². The maximum absolute atomic E-state index is 13.1. The van der Waals surface area contributed by atoms with Gasteiger partial charge in [0.15, 0.2) is 12.2 Å². The lowest BCUT2D eigenvalue weighted by Gasteiger charge is -2.21. The van der Waals surface area contributed by atoms with Gasteiger partial charge in [0, 0.05) is 25.7 Å². The van der Waals surface area contributed by atoms with Crippen LogP contribution in [0.4, 0.5) is 0 Å². The number of carbonyl (C=O) groups excluding carboxylic acids is 4. The summed E-state index contributed by atoms with van der Waals surface area (Å²) in [5.74, 6) is -0.667. The first kappa shape index (κ1) is 98.1. The molecule has 0 amide bonds. The second-order valence-electron chi connectivity index (χ2n) is 30.1. The third-order valence-corrected chi connectivity index (χ3v) is 20.9. The molecular weight excluding hydrogens is 1310 g/mol. The van der Waals surface area contributed by atoms with Crippen molar-refractivity contribution in [3.05, 3.63) is 0 Å². The highest BCUT2D eigenvalue weighted by Crippen LogP contribution is 2.45. The number of phosphoric ester groups is 2. The molecule has 0 aromatic rings. The zero-order valence-corrected chi connectivity index (χ0v) is 67.3. The zero-order chi connectivity index (χ0) is 73.5. The standard InChI is InChI=1S/C81H158O17P2/c1-7-9-11-13-15-17-19-21-23-25-27-29-31-33-35-37-45-51-57-63-78(83)91-69-76(97-80(85)65-59-53-47-38-36-34-32-30-28-26-24-22-20-18-16-14-12-10-8-2)71-95-99(87,88)93-67-75(82)68-94-100(89,90)96-72-77(98-81(86)66-60-54-48-42-40-44-50-56-62-74(5)6)70-92-79(84)64-58-52-46-41-39-43-49-55-61-73(3)4/h73-77,82H,7-72H2,1-6H3,(H,87,88)(H,89,90)/t75-,76-,77-/m1/s1. The van der Waals surface area contributed by atoms with Crippen LogP contribution in [0.5, 0.6) is 0 Å². The molecule has 3 N–H and O–H groups in total. The molecule has 0 rings (SSSR count). The topological polar surface area (TPSA) is 237 Å². The van der Waals surface area contributed by atoms with Gasteiger partial charge in [0.1, 0.15) is 19.3 Å². The van der Waals surface area contributed by atoms with Crippen molar-refractivity contribution >= 4 is 39.5 Å².